The van der Waals surface area contributed by atoms with Crippen molar-refractivity contribution in [3.05, 3.63) is 58.9 Å². The highest BCUT2D eigenvalue weighted by Gasteiger charge is 2.13. The van der Waals surface area contributed by atoms with Gasteiger partial charge in [-0.05, 0) is 36.8 Å². The lowest BCUT2D eigenvalue weighted by molar-refractivity contribution is -0.130. The summed E-state index contributed by atoms with van der Waals surface area (Å²) < 4.78 is 0. The number of nitrogens with two attached hydrogens (primary N) is 1. The van der Waals surface area contributed by atoms with E-state index in [1.807, 2.05) is 31.2 Å². The van der Waals surface area contributed by atoms with Crippen LogP contribution < -0.4 is 5.73 Å². The number of amides is 1. The number of pyridine rings is 1. The predicted octanol–water partition coefficient (Wildman–Crippen LogP) is 2.91. The number of likely N-dealkylation sites (N-methyl/N-ethyl adjacent to an activating group) is 1. The topological polar surface area (TPSA) is 59.2 Å². The van der Waals surface area contributed by atoms with Crippen molar-refractivity contribution >= 4 is 23.2 Å². The summed E-state index contributed by atoms with van der Waals surface area (Å²) >= 11 is 5.97. The van der Waals surface area contributed by atoms with E-state index in [4.69, 9.17) is 17.3 Å². The van der Waals surface area contributed by atoms with Gasteiger partial charge in [-0.3, -0.25) is 9.78 Å². The molecule has 0 bridgehead atoms. The highest BCUT2D eigenvalue weighted by Crippen LogP contribution is 2.13. The number of rotatable bonds is 5. The van der Waals surface area contributed by atoms with Gasteiger partial charge in [0.05, 0.1) is 18.3 Å². The van der Waals surface area contributed by atoms with Crippen molar-refractivity contribution in [2.45, 2.75) is 19.9 Å². The normalized spacial score (nSPS) is 10.4. The summed E-state index contributed by atoms with van der Waals surface area (Å²) in [6, 6.07) is 11.1. The molecule has 1 amide bonds. The van der Waals surface area contributed by atoms with Crippen molar-refractivity contribution in [1.29, 1.82) is 0 Å². The number of nitrogens with zero attached hydrogens (tertiary/aromatic N) is 2. The second-order valence-corrected chi connectivity index (χ2v) is 5.23. The fourth-order valence-corrected chi connectivity index (χ4v) is 2.25. The highest BCUT2D eigenvalue weighted by molar-refractivity contribution is 6.30. The first-order valence-corrected chi connectivity index (χ1v) is 7.19. The number of benzene rings is 1. The van der Waals surface area contributed by atoms with Gasteiger partial charge in [-0.15, -0.1) is 0 Å². The third kappa shape index (κ3) is 4.46. The molecule has 21 heavy (non-hydrogen) atoms. The Bertz CT molecular complexity index is 613. The van der Waals surface area contributed by atoms with Gasteiger partial charge in [0.15, 0.2) is 0 Å². The molecule has 5 heteroatoms. The molecule has 2 N–H and O–H groups in total. The Hall–Kier alpha value is -2.07. The van der Waals surface area contributed by atoms with Gasteiger partial charge in [0.1, 0.15) is 0 Å². The lowest BCUT2D eigenvalue weighted by Gasteiger charge is -2.21. The summed E-state index contributed by atoms with van der Waals surface area (Å²) in [7, 11) is 0. The van der Waals surface area contributed by atoms with Crippen molar-refractivity contribution < 1.29 is 4.79 Å². The number of halogens is 1. The molecule has 0 saturated heterocycles. The van der Waals surface area contributed by atoms with Crippen LogP contribution in [0.5, 0.6) is 0 Å². The molecule has 0 saturated carbocycles. The molecule has 0 aliphatic carbocycles. The molecule has 1 aromatic heterocycles. The minimum Gasteiger partial charge on any atom is -0.397 e. The summed E-state index contributed by atoms with van der Waals surface area (Å²) in [5.74, 6) is 0.0368. The van der Waals surface area contributed by atoms with E-state index in [0.29, 0.717) is 23.8 Å². The number of hydrogen-bond acceptors (Lipinski definition) is 3. The molecule has 0 spiro atoms. The van der Waals surface area contributed by atoms with Gasteiger partial charge in [-0.25, -0.2) is 0 Å². The number of hydrogen-bond donors (Lipinski definition) is 1. The standard InChI is InChI=1S/C16H18ClN3O/c1-2-20(11-12-4-3-5-13(17)8-12)16(21)9-15-7-6-14(18)10-19-15/h3-8,10H,2,9,11,18H2,1H3. The summed E-state index contributed by atoms with van der Waals surface area (Å²) in [5.41, 5.74) is 7.92. The van der Waals surface area contributed by atoms with Crippen LogP contribution in [0.15, 0.2) is 42.6 Å². The van der Waals surface area contributed by atoms with Crippen molar-refractivity contribution in [2.75, 3.05) is 12.3 Å². The number of aromatic nitrogens is 1. The first-order chi connectivity index (χ1) is 10.1. The molecular formula is C16H18ClN3O. The minimum atomic E-state index is 0.0368. The van der Waals surface area contributed by atoms with Crippen molar-refractivity contribution in [1.82, 2.24) is 9.88 Å². The fourth-order valence-electron chi connectivity index (χ4n) is 2.04. The van der Waals surface area contributed by atoms with Crippen molar-refractivity contribution in [3.63, 3.8) is 0 Å². The molecule has 0 fully saturated rings. The highest BCUT2D eigenvalue weighted by atomic mass is 35.5. The Kier molecular flexibility index (Phi) is 5.17. The SMILES string of the molecule is CCN(Cc1cccc(Cl)c1)C(=O)Cc1ccc(N)cn1. The molecule has 0 atom stereocenters. The maximum atomic E-state index is 12.3. The lowest BCUT2D eigenvalue weighted by Crippen LogP contribution is -2.31. The molecule has 1 aromatic carbocycles. The quantitative estimate of drug-likeness (QED) is 0.924. The van der Waals surface area contributed by atoms with Crippen LogP contribution in [0.1, 0.15) is 18.2 Å². The summed E-state index contributed by atoms with van der Waals surface area (Å²) in [6.45, 7) is 3.14. The summed E-state index contributed by atoms with van der Waals surface area (Å²) in [4.78, 5) is 18.3. The van der Waals surface area contributed by atoms with Crippen molar-refractivity contribution in [2.24, 2.45) is 0 Å². The van der Waals surface area contributed by atoms with Crippen LogP contribution in [0, 0.1) is 0 Å². The van der Waals surface area contributed by atoms with Crippen LogP contribution >= 0.6 is 11.6 Å². The molecule has 0 unspecified atom stereocenters. The van der Waals surface area contributed by atoms with Gasteiger partial charge in [0, 0.05) is 23.8 Å². The van der Waals surface area contributed by atoms with Crippen LogP contribution in [-0.4, -0.2) is 22.3 Å². The van der Waals surface area contributed by atoms with Gasteiger partial charge < -0.3 is 10.6 Å². The first kappa shape index (κ1) is 15.3. The molecule has 0 aliphatic rings. The molecular weight excluding hydrogens is 286 g/mol. The smallest absolute Gasteiger partial charge is 0.228 e. The summed E-state index contributed by atoms with van der Waals surface area (Å²) in [6.07, 6.45) is 1.84. The molecule has 4 nitrogen and oxygen atoms in total. The van der Waals surface area contributed by atoms with Crippen molar-refractivity contribution in [3.8, 4) is 0 Å². The van der Waals surface area contributed by atoms with Gasteiger partial charge in [0.25, 0.3) is 0 Å². The third-order valence-corrected chi connectivity index (χ3v) is 3.41. The zero-order chi connectivity index (χ0) is 15.2. The Morgan fingerprint density at radius 2 is 2.14 bits per heavy atom. The number of carbonyl (C=O) groups is 1. The summed E-state index contributed by atoms with van der Waals surface area (Å²) in [5, 5.41) is 0.677. The zero-order valence-corrected chi connectivity index (χ0v) is 12.7. The Morgan fingerprint density at radius 3 is 2.76 bits per heavy atom. The lowest BCUT2D eigenvalue weighted by atomic mass is 10.2. The minimum absolute atomic E-state index is 0.0368. The van der Waals surface area contributed by atoms with E-state index in [1.54, 1.807) is 23.2 Å². The fraction of sp³-hybridized carbons (Fsp3) is 0.250. The predicted molar refractivity (Wildman–Crippen MR) is 84.9 cm³/mol. The second-order valence-electron chi connectivity index (χ2n) is 4.80. The average molecular weight is 304 g/mol. The maximum absolute atomic E-state index is 12.3. The molecule has 1 heterocycles. The van der Waals surface area contributed by atoms with E-state index in [2.05, 4.69) is 4.98 Å². The van der Waals surface area contributed by atoms with Crippen LogP contribution in [0.2, 0.25) is 5.02 Å². The molecule has 0 radical (unpaired) electrons. The Morgan fingerprint density at radius 1 is 1.33 bits per heavy atom. The zero-order valence-electron chi connectivity index (χ0n) is 11.9. The second kappa shape index (κ2) is 7.09. The Labute approximate surface area is 129 Å². The van der Waals surface area contributed by atoms with Gasteiger partial charge in [-0.2, -0.15) is 0 Å². The van der Waals surface area contributed by atoms with Crippen LogP contribution in [0.4, 0.5) is 5.69 Å². The maximum Gasteiger partial charge on any atom is 0.228 e. The van der Waals surface area contributed by atoms with E-state index in [0.717, 1.165) is 11.3 Å². The van der Waals surface area contributed by atoms with Gasteiger partial charge in [-0.1, -0.05) is 23.7 Å². The average Bonchev–Trinajstić information content (AvgIpc) is 2.47. The monoisotopic (exact) mass is 303 g/mol. The first-order valence-electron chi connectivity index (χ1n) is 6.81. The van der Waals surface area contributed by atoms with Crippen LogP contribution in [0.3, 0.4) is 0 Å². The van der Waals surface area contributed by atoms with E-state index >= 15 is 0 Å². The molecule has 110 valence electrons. The molecule has 0 aliphatic heterocycles. The van der Waals surface area contributed by atoms with Crippen LogP contribution in [0.25, 0.3) is 0 Å². The number of carbonyl (C=O) groups excluding carboxylic acids is 1. The van der Waals surface area contributed by atoms with E-state index in [9.17, 15) is 4.79 Å². The van der Waals surface area contributed by atoms with Gasteiger partial charge in [0.2, 0.25) is 5.91 Å². The number of anilines is 1. The molecule has 2 aromatic rings. The Balaban J connectivity index is 2.03. The third-order valence-electron chi connectivity index (χ3n) is 3.18. The van der Waals surface area contributed by atoms with Crippen LogP contribution in [-0.2, 0) is 17.8 Å². The largest absolute Gasteiger partial charge is 0.397 e. The van der Waals surface area contributed by atoms with E-state index < -0.39 is 0 Å². The van der Waals surface area contributed by atoms with E-state index in [-0.39, 0.29) is 12.3 Å². The van der Waals surface area contributed by atoms with E-state index in [1.165, 1.54) is 0 Å². The number of nitrogen functional groups attached to an aromatic ring is 1. The van der Waals surface area contributed by atoms with Gasteiger partial charge >= 0.3 is 0 Å². The molecule has 2 rings (SSSR count).